The molecule has 2 aliphatic heterocycles. The summed E-state index contributed by atoms with van der Waals surface area (Å²) in [5.41, 5.74) is 4.87. The van der Waals surface area contributed by atoms with Gasteiger partial charge < -0.3 is 43.2 Å². The molecule has 0 radical (unpaired) electrons. The fourth-order valence-corrected chi connectivity index (χ4v) is 8.58. The highest BCUT2D eigenvalue weighted by atomic mass is 79.9. The van der Waals surface area contributed by atoms with Crippen LogP contribution < -0.4 is 20.4 Å². The van der Waals surface area contributed by atoms with Crippen LogP contribution in [0, 0.1) is 6.92 Å². The average Bonchev–Trinajstić information content (AvgIpc) is 1.86. The van der Waals surface area contributed by atoms with Crippen LogP contribution in [0.1, 0.15) is 99.8 Å². The molecule has 8 rings (SSSR count). The Bertz CT molecular complexity index is 3260. The topological polar surface area (TPSA) is 234 Å². The van der Waals surface area contributed by atoms with Crippen molar-refractivity contribution in [3.63, 3.8) is 0 Å². The largest absolute Gasteiger partial charge is 0.498 e. The smallest absolute Gasteiger partial charge is 0.497 e. The molecule has 0 saturated carbocycles. The fourth-order valence-electron chi connectivity index (χ4n) is 8.03. The zero-order valence-corrected chi connectivity index (χ0v) is 54.4. The first-order valence-electron chi connectivity index (χ1n) is 27.8. The SMILES string of the molecule is CC(C)(C)OC(=O)n1cc(B2OC(C)(C)C(C)(C)O2)cn1.CCOC(=O)C(Br)CNc1ccc(Br)cc1.CCOC(=O)C1CN(c2ccc(-c3cnn(C(=O)OC(C)(C)C)c3)cc2)C(=O)N1Cc1cccc(OC)c1.Cc1cccc(CN=C=O)c1. The number of hydrogen-bond acceptors (Lipinski definition) is 17. The normalized spacial score (nSPS) is 15.2. The Kier molecular flexibility index (Phi) is 25.0. The van der Waals surface area contributed by atoms with Crippen LogP contribution in [0.5, 0.6) is 5.75 Å². The molecule has 2 atom stereocenters. The number of benzene rings is 4. The number of urea groups is 1. The molecule has 24 heteroatoms. The molecule has 2 aromatic heterocycles. The summed E-state index contributed by atoms with van der Waals surface area (Å²) < 4.78 is 41.2. The molecule has 86 heavy (non-hydrogen) atoms. The van der Waals surface area contributed by atoms with Crippen molar-refractivity contribution in [2.24, 2.45) is 4.99 Å². The molecule has 2 aliphatic rings. The van der Waals surface area contributed by atoms with Crippen molar-refractivity contribution in [2.45, 2.75) is 136 Å². The Morgan fingerprint density at radius 3 is 1.94 bits per heavy atom. The second kappa shape index (κ2) is 31.1. The Balaban J connectivity index is 0.000000235. The van der Waals surface area contributed by atoms with Crippen LogP contribution in [0.15, 0.2) is 131 Å². The zero-order chi connectivity index (χ0) is 63.6. The van der Waals surface area contributed by atoms with E-state index in [4.69, 9.17) is 33.0 Å². The summed E-state index contributed by atoms with van der Waals surface area (Å²) in [5, 5.41) is 11.3. The quantitative estimate of drug-likeness (QED) is 0.0251. The van der Waals surface area contributed by atoms with E-state index < -0.39 is 53.7 Å². The van der Waals surface area contributed by atoms with Gasteiger partial charge in [0.15, 0.2) is 0 Å². The third-order valence-corrected chi connectivity index (χ3v) is 14.1. The molecule has 2 amide bonds. The summed E-state index contributed by atoms with van der Waals surface area (Å²) in [5.74, 6) is -0.0196. The van der Waals surface area contributed by atoms with E-state index in [2.05, 4.69) is 52.4 Å². The molecule has 1 N–H and O–H groups in total. The van der Waals surface area contributed by atoms with Gasteiger partial charge in [-0.25, -0.2) is 29.0 Å². The van der Waals surface area contributed by atoms with Crippen molar-refractivity contribution >= 4 is 92.1 Å². The number of isocyanates is 1. The molecule has 21 nitrogen and oxygen atoms in total. The minimum absolute atomic E-state index is 0.164. The first-order valence-corrected chi connectivity index (χ1v) is 29.5. The number of amides is 2. The van der Waals surface area contributed by atoms with Crippen LogP contribution in [0.4, 0.5) is 25.8 Å². The van der Waals surface area contributed by atoms with Gasteiger partial charge in [-0.1, -0.05) is 86.0 Å². The number of esters is 2. The molecule has 4 heterocycles. The van der Waals surface area contributed by atoms with Crippen LogP contribution in [0.2, 0.25) is 0 Å². The lowest BCUT2D eigenvalue weighted by Gasteiger charge is -2.32. The summed E-state index contributed by atoms with van der Waals surface area (Å²) in [7, 11) is 1.04. The Labute approximate surface area is 520 Å². The lowest BCUT2D eigenvalue weighted by Crippen LogP contribution is -2.41. The van der Waals surface area contributed by atoms with Crippen molar-refractivity contribution in [1.82, 2.24) is 24.5 Å². The number of ether oxygens (including phenoxy) is 5. The maximum atomic E-state index is 13.5. The minimum Gasteiger partial charge on any atom is -0.497 e. The van der Waals surface area contributed by atoms with Gasteiger partial charge in [-0.05, 0) is 155 Å². The molecule has 460 valence electrons. The highest BCUT2D eigenvalue weighted by Crippen LogP contribution is 2.36. The molecule has 2 saturated heterocycles. The van der Waals surface area contributed by atoms with Gasteiger partial charge >= 0.3 is 37.3 Å². The number of rotatable bonds is 15. The van der Waals surface area contributed by atoms with Crippen LogP contribution >= 0.6 is 31.9 Å². The Morgan fingerprint density at radius 2 is 1.37 bits per heavy atom. The number of nitrogens with zero attached hydrogens (tertiary/aromatic N) is 7. The van der Waals surface area contributed by atoms with Gasteiger partial charge in [-0.2, -0.15) is 19.6 Å². The number of methoxy groups -OCH3 is 1. The number of hydrogen-bond donors (Lipinski definition) is 1. The number of halogens is 2. The van der Waals surface area contributed by atoms with Crippen LogP contribution in [-0.4, -0.2) is 135 Å². The van der Waals surface area contributed by atoms with Crippen LogP contribution in [-0.2, 0) is 55.7 Å². The van der Waals surface area contributed by atoms with E-state index in [-0.39, 0.29) is 36.5 Å². The highest BCUT2D eigenvalue weighted by Gasteiger charge is 2.52. The third kappa shape index (κ3) is 20.8. The van der Waals surface area contributed by atoms with Gasteiger partial charge in [-0.3, -0.25) is 9.69 Å². The van der Waals surface area contributed by atoms with Gasteiger partial charge in [0.05, 0.1) is 50.8 Å². The van der Waals surface area contributed by atoms with Gasteiger partial charge in [0.2, 0.25) is 6.08 Å². The number of anilines is 2. The van der Waals surface area contributed by atoms with Crippen molar-refractivity contribution in [1.29, 1.82) is 0 Å². The third-order valence-electron chi connectivity index (χ3n) is 12.9. The Morgan fingerprint density at radius 1 is 0.791 bits per heavy atom. The van der Waals surface area contributed by atoms with E-state index in [0.717, 1.165) is 41.8 Å². The van der Waals surface area contributed by atoms with E-state index in [9.17, 15) is 28.8 Å². The van der Waals surface area contributed by atoms with Gasteiger partial charge in [0.1, 0.15) is 27.8 Å². The molecule has 6 aromatic rings. The second-order valence-corrected chi connectivity index (χ2v) is 24.7. The molecule has 0 bridgehead atoms. The van der Waals surface area contributed by atoms with E-state index in [1.165, 1.54) is 16.5 Å². The lowest BCUT2D eigenvalue weighted by atomic mass is 9.82. The van der Waals surface area contributed by atoms with Gasteiger partial charge in [-0.15, -0.1) is 0 Å². The summed E-state index contributed by atoms with van der Waals surface area (Å²) in [6, 6.07) is 29.3. The van der Waals surface area contributed by atoms with Crippen molar-refractivity contribution in [3.05, 3.63) is 143 Å². The Hall–Kier alpha value is -7.63. The molecule has 0 aliphatic carbocycles. The zero-order valence-electron chi connectivity index (χ0n) is 51.2. The summed E-state index contributed by atoms with van der Waals surface area (Å²) in [6.07, 6.45) is 6.73. The van der Waals surface area contributed by atoms with Crippen molar-refractivity contribution in [2.75, 3.05) is 43.6 Å². The predicted octanol–water partition coefficient (Wildman–Crippen LogP) is 11.7. The molecule has 4 aromatic carbocycles. The predicted molar refractivity (Wildman–Crippen MR) is 336 cm³/mol. The fraction of sp³-hybridized carbons (Fsp3) is 0.419. The maximum Gasteiger partial charge on any atom is 0.498 e. The summed E-state index contributed by atoms with van der Waals surface area (Å²) >= 11 is 6.63. The highest BCUT2D eigenvalue weighted by molar-refractivity contribution is 9.10. The van der Waals surface area contributed by atoms with E-state index >= 15 is 0 Å². The first kappa shape index (κ1) is 69.1. The van der Waals surface area contributed by atoms with E-state index in [0.29, 0.717) is 36.6 Å². The number of carbonyl (C=O) groups excluding carboxylic acids is 6. The monoisotopic (exact) mass is 1310 g/mol. The molecule has 0 spiro atoms. The van der Waals surface area contributed by atoms with Crippen LogP contribution in [0.3, 0.4) is 0 Å². The average molecular weight is 1310 g/mol. The van der Waals surface area contributed by atoms with E-state index in [1.807, 2.05) is 140 Å². The van der Waals surface area contributed by atoms with Gasteiger partial charge in [0, 0.05) is 58.6 Å². The number of aryl methyl sites for hydroxylation is 1. The first-order chi connectivity index (χ1) is 40.5. The van der Waals surface area contributed by atoms with Crippen LogP contribution in [0.25, 0.3) is 11.1 Å². The van der Waals surface area contributed by atoms with Crippen molar-refractivity contribution in [3.8, 4) is 16.9 Å². The standard InChI is InChI=1S/C28H32N4O6.C14H23BN2O4.C11H13Br2NO2.C9H9NO/c1-6-37-25(33)24-18-30(26(34)31(24)16-19-8-7-9-23(14-19)36-5)22-12-10-20(11-13-22)21-15-29-32(17-21)27(35)38-28(2,3)4;1-12(2,3)19-11(18)17-9-10(8-16-17)15-20-13(4,5)14(6,7)21-15;1-2-16-11(15)10(13)7-14-9-5-3-8(12)4-6-9;1-8-3-2-4-9(5-8)6-10-7-11/h7-15,17,24H,6,16,18H2,1-5H3;8-9H,1-7H3;3-6,10,14H,2,7H2,1H3;2-5H,6H2,1H3. The summed E-state index contributed by atoms with van der Waals surface area (Å²) in [6.45, 7) is 26.2. The molecular formula is C62H77BBr2N8O13. The number of aromatic nitrogens is 4. The van der Waals surface area contributed by atoms with Crippen molar-refractivity contribution < 1.29 is 61.8 Å². The summed E-state index contributed by atoms with van der Waals surface area (Å²) in [4.78, 5) is 77.8. The number of carbonyl (C=O) groups is 5. The molecule has 2 unspecified atom stereocenters. The number of nitrogens with one attached hydrogen (secondary N) is 1. The lowest BCUT2D eigenvalue weighted by molar-refractivity contribution is -0.147. The maximum absolute atomic E-state index is 13.5. The number of alkyl halides is 1. The molecular weight excluding hydrogens is 1240 g/mol. The minimum atomic E-state index is -0.750. The van der Waals surface area contributed by atoms with E-state index in [1.54, 1.807) is 83.5 Å². The second-order valence-electron chi connectivity index (χ2n) is 22.6. The molecule has 2 fully saturated rings. The van der Waals surface area contributed by atoms with Gasteiger partial charge in [0.25, 0.3) is 0 Å². The number of aliphatic imine (C=N–C) groups is 1.